The average Bonchev–Trinajstić information content (AvgIpc) is 1.80. The van der Waals surface area contributed by atoms with Gasteiger partial charge in [0.15, 0.2) is 11.6 Å². The van der Waals surface area contributed by atoms with Crippen LogP contribution >= 0.6 is 15.9 Å². The zero-order valence-corrected chi connectivity index (χ0v) is 5.89. The summed E-state index contributed by atoms with van der Waals surface area (Å²) >= 11 is 2.93. The highest BCUT2D eigenvalue weighted by Gasteiger charge is 1.98. The Labute approximate surface area is 59.5 Å². The molecular formula is C5H3BrFNO. The number of nitrogens with zero attached hydrogens (tertiary/aromatic N) is 1. The lowest BCUT2D eigenvalue weighted by Gasteiger charge is -1.91. The van der Waals surface area contributed by atoms with Gasteiger partial charge in [-0.05, 0) is 15.9 Å². The van der Waals surface area contributed by atoms with Crippen molar-refractivity contribution in [2.75, 3.05) is 0 Å². The van der Waals surface area contributed by atoms with Crippen LogP contribution in [0.2, 0.25) is 0 Å². The van der Waals surface area contributed by atoms with Gasteiger partial charge in [0.1, 0.15) is 4.60 Å². The fourth-order valence-electron chi connectivity index (χ4n) is 0.400. The van der Waals surface area contributed by atoms with Crippen LogP contribution in [0.5, 0.6) is 5.75 Å². The molecule has 0 aliphatic carbocycles. The van der Waals surface area contributed by atoms with Crippen molar-refractivity contribution in [1.29, 1.82) is 0 Å². The van der Waals surface area contributed by atoms with Gasteiger partial charge in [-0.15, -0.1) is 0 Å². The van der Waals surface area contributed by atoms with Gasteiger partial charge in [0.25, 0.3) is 0 Å². The fraction of sp³-hybridized carbons (Fsp3) is 0. The van der Waals surface area contributed by atoms with Crippen LogP contribution in [0.4, 0.5) is 4.39 Å². The summed E-state index contributed by atoms with van der Waals surface area (Å²) in [6, 6.07) is 1.09. The summed E-state index contributed by atoms with van der Waals surface area (Å²) in [5.41, 5.74) is 0. The third-order valence-corrected chi connectivity index (χ3v) is 1.23. The summed E-state index contributed by atoms with van der Waals surface area (Å²) in [5, 5.41) is 8.59. The van der Waals surface area contributed by atoms with Crippen molar-refractivity contribution in [1.82, 2.24) is 4.98 Å². The summed E-state index contributed by atoms with van der Waals surface area (Å²) in [6.45, 7) is 0. The number of aromatic hydroxyl groups is 1. The molecule has 1 heterocycles. The molecule has 0 aliphatic heterocycles. The Morgan fingerprint density at radius 1 is 1.67 bits per heavy atom. The van der Waals surface area contributed by atoms with E-state index in [0.29, 0.717) is 4.60 Å². The second-order valence-electron chi connectivity index (χ2n) is 1.46. The first kappa shape index (κ1) is 6.48. The highest BCUT2D eigenvalue weighted by molar-refractivity contribution is 9.10. The smallest absolute Gasteiger partial charge is 0.170 e. The fourth-order valence-corrected chi connectivity index (χ4v) is 0.704. The van der Waals surface area contributed by atoms with E-state index in [1.807, 2.05) is 0 Å². The third-order valence-electron chi connectivity index (χ3n) is 0.801. The minimum Gasteiger partial charge on any atom is -0.504 e. The SMILES string of the molecule is Oc1cnc(Br)cc1F. The first-order valence-electron chi connectivity index (χ1n) is 2.20. The van der Waals surface area contributed by atoms with Gasteiger partial charge in [-0.25, -0.2) is 9.37 Å². The maximum Gasteiger partial charge on any atom is 0.170 e. The molecule has 2 nitrogen and oxygen atoms in total. The Morgan fingerprint density at radius 3 is 2.78 bits per heavy atom. The molecule has 0 spiro atoms. The van der Waals surface area contributed by atoms with Gasteiger partial charge in [0, 0.05) is 6.07 Å². The van der Waals surface area contributed by atoms with Crippen LogP contribution in [0.1, 0.15) is 0 Å². The van der Waals surface area contributed by atoms with Gasteiger partial charge < -0.3 is 5.11 Å². The molecule has 4 heteroatoms. The van der Waals surface area contributed by atoms with Crippen LogP contribution in [-0.4, -0.2) is 10.1 Å². The second kappa shape index (κ2) is 2.31. The van der Waals surface area contributed by atoms with Gasteiger partial charge in [0.05, 0.1) is 6.20 Å². The molecule has 0 unspecified atom stereocenters. The van der Waals surface area contributed by atoms with Crippen molar-refractivity contribution in [3.05, 3.63) is 22.7 Å². The van der Waals surface area contributed by atoms with E-state index in [4.69, 9.17) is 5.11 Å². The van der Waals surface area contributed by atoms with Gasteiger partial charge in [0.2, 0.25) is 0 Å². The molecule has 0 aliphatic rings. The van der Waals surface area contributed by atoms with E-state index in [1.54, 1.807) is 0 Å². The summed E-state index contributed by atoms with van der Waals surface area (Å²) in [6.07, 6.45) is 1.04. The molecule has 48 valence electrons. The van der Waals surface area contributed by atoms with Gasteiger partial charge >= 0.3 is 0 Å². The molecule has 1 rings (SSSR count). The monoisotopic (exact) mass is 191 g/mol. The lowest BCUT2D eigenvalue weighted by atomic mass is 10.4. The quantitative estimate of drug-likeness (QED) is 0.634. The number of halogens is 2. The van der Waals surface area contributed by atoms with Gasteiger partial charge in [-0.3, -0.25) is 0 Å². The molecular weight excluding hydrogens is 189 g/mol. The topological polar surface area (TPSA) is 33.1 Å². The Hall–Kier alpha value is -0.640. The standard InChI is InChI=1S/C5H3BrFNO/c6-5-1-3(7)4(9)2-8-5/h1-2,9H. The number of rotatable bonds is 0. The largest absolute Gasteiger partial charge is 0.504 e. The van der Waals surface area contributed by atoms with Gasteiger partial charge in [-0.2, -0.15) is 0 Å². The molecule has 1 N–H and O–H groups in total. The van der Waals surface area contributed by atoms with Gasteiger partial charge in [-0.1, -0.05) is 0 Å². The molecule has 0 aromatic carbocycles. The highest BCUT2D eigenvalue weighted by Crippen LogP contribution is 2.16. The molecule has 0 saturated heterocycles. The van der Waals surface area contributed by atoms with Crippen LogP contribution in [0.15, 0.2) is 16.9 Å². The summed E-state index contributed by atoms with van der Waals surface area (Å²) in [5.74, 6) is -1.10. The molecule has 1 aromatic rings. The Morgan fingerprint density at radius 2 is 2.33 bits per heavy atom. The lowest BCUT2D eigenvalue weighted by molar-refractivity contribution is 0.429. The predicted octanol–water partition coefficient (Wildman–Crippen LogP) is 1.69. The number of pyridine rings is 1. The van der Waals surface area contributed by atoms with Crippen LogP contribution in [0, 0.1) is 5.82 Å². The maximum absolute atomic E-state index is 12.3. The zero-order chi connectivity index (χ0) is 6.85. The van der Waals surface area contributed by atoms with Crippen molar-refractivity contribution < 1.29 is 9.50 Å². The average molecular weight is 192 g/mol. The molecule has 9 heavy (non-hydrogen) atoms. The van der Waals surface area contributed by atoms with E-state index < -0.39 is 11.6 Å². The van der Waals surface area contributed by atoms with E-state index in [-0.39, 0.29) is 0 Å². The predicted molar refractivity (Wildman–Crippen MR) is 33.6 cm³/mol. The normalized spacial score (nSPS) is 9.56. The first-order valence-corrected chi connectivity index (χ1v) is 2.99. The Kier molecular flexibility index (Phi) is 1.66. The lowest BCUT2D eigenvalue weighted by Crippen LogP contribution is -1.78. The molecule has 0 amide bonds. The zero-order valence-electron chi connectivity index (χ0n) is 4.31. The van der Waals surface area contributed by atoms with Crippen LogP contribution < -0.4 is 0 Å². The number of aromatic nitrogens is 1. The number of hydrogen-bond donors (Lipinski definition) is 1. The van der Waals surface area contributed by atoms with Crippen LogP contribution in [0.25, 0.3) is 0 Å². The highest BCUT2D eigenvalue weighted by atomic mass is 79.9. The third kappa shape index (κ3) is 1.38. The van der Waals surface area contributed by atoms with Crippen molar-refractivity contribution >= 4 is 15.9 Å². The van der Waals surface area contributed by atoms with E-state index in [2.05, 4.69) is 20.9 Å². The van der Waals surface area contributed by atoms with Crippen LogP contribution in [-0.2, 0) is 0 Å². The molecule has 0 bridgehead atoms. The first-order chi connectivity index (χ1) is 4.20. The maximum atomic E-state index is 12.3. The summed E-state index contributed by atoms with van der Waals surface area (Å²) < 4.78 is 12.6. The molecule has 0 atom stereocenters. The van der Waals surface area contributed by atoms with E-state index in [0.717, 1.165) is 12.3 Å². The minimum atomic E-state index is -0.670. The molecule has 0 saturated carbocycles. The minimum absolute atomic E-state index is 0.373. The Bertz CT molecular complexity index is 228. The summed E-state index contributed by atoms with van der Waals surface area (Å²) in [7, 11) is 0. The molecule has 0 fully saturated rings. The Balaban J connectivity index is 3.17. The van der Waals surface area contributed by atoms with Crippen molar-refractivity contribution in [3.8, 4) is 5.75 Å². The summed E-state index contributed by atoms with van der Waals surface area (Å²) in [4.78, 5) is 3.57. The van der Waals surface area contributed by atoms with Crippen LogP contribution in [0.3, 0.4) is 0 Å². The van der Waals surface area contributed by atoms with Crippen molar-refractivity contribution in [2.24, 2.45) is 0 Å². The van der Waals surface area contributed by atoms with E-state index >= 15 is 0 Å². The van der Waals surface area contributed by atoms with Crippen molar-refractivity contribution in [3.63, 3.8) is 0 Å². The molecule has 0 radical (unpaired) electrons. The number of hydrogen-bond acceptors (Lipinski definition) is 2. The second-order valence-corrected chi connectivity index (χ2v) is 2.27. The molecule has 1 aromatic heterocycles. The van der Waals surface area contributed by atoms with E-state index in [1.165, 1.54) is 0 Å². The van der Waals surface area contributed by atoms with E-state index in [9.17, 15) is 4.39 Å². The van der Waals surface area contributed by atoms with Crippen molar-refractivity contribution in [2.45, 2.75) is 0 Å².